The quantitative estimate of drug-likeness (QED) is 0.608. The topological polar surface area (TPSA) is 94.6 Å². The van der Waals surface area contributed by atoms with Gasteiger partial charge in [-0.25, -0.2) is 4.79 Å². The van der Waals surface area contributed by atoms with Crippen LogP contribution in [0.1, 0.15) is 54.0 Å². The molecule has 0 aromatic carbocycles. The summed E-state index contributed by atoms with van der Waals surface area (Å²) in [7, 11) is 0. The summed E-state index contributed by atoms with van der Waals surface area (Å²) in [5.41, 5.74) is 8.31. The molecule has 2 rings (SSSR count). The summed E-state index contributed by atoms with van der Waals surface area (Å²) >= 11 is 0. The Balaban J connectivity index is 2.28. The average molecular weight is 375 g/mol. The fourth-order valence-corrected chi connectivity index (χ4v) is 3.72. The van der Waals surface area contributed by atoms with Crippen LogP contribution in [0.15, 0.2) is 6.08 Å². The summed E-state index contributed by atoms with van der Waals surface area (Å²) in [4.78, 5) is 38.0. The van der Waals surface area contributed by atoms with Crippen molar-refractivity contribution in [2.45, 2.75) is 47.1 Å². The van der Waals surface area contributed by atoms with E-state index in [1.54, 1.807) is 17.9 Å². The van der Waals surface area contributed by atoms with Crippen LogP contribution in [0.25, 0.3) is 6.08 Å². The Hall–Kier alpha value is -2.57. The van der Waals surface area contributed by atoms with E-state index in [0.717, 1.165) is 24.4 Å². The second kappa shape index (κ2) is 8.88. The Kier molecular flexibility index (Phi) is 6.82. The number of nitrogens with zero attached hydrogens (tertiary/aromatic N) is 2. The molecule has 0 aliphatic carbocycles. The monoisotopic (exact) mass is 375 g/mol. The van der Waals surface area contributed by atoms with Crippen LogP contribution in [0, 0.1) is 19.8 Å². The summed E-state index contributed by atoms with van der Waals surface area (Å²) in [5.74, 6) is -1.23. The number of hydrogen-bond donors (Lipinski definition) is 1. The second-order valence-corrected chi connectivity index (χ2v) is 6.78. The van der Waals surface area contributed by atoms with E-state index < -0.39 is 0 Å². The molecule has 7 nitrogen and oxygen atoms in total. The molecule has 1 aliphatic heterocycles. The number of esters is 1. The Morgan fingerprint density at radius 3 is 2.52 bits per heavy atom. The van der Waals surface area contributed by atoms with Gasteiger partial charge in [0.15, 0.2) is 0 Å². The molecule has 27 heavy (non-hydrogen) atoms. The lowest BCUT2D eigenvalue weighted by molar-refractivity contribution is -0.130. The zero-order chi connectivity index (χ0) is 20.1. The number of nitrogens with two attached hydrogens (primary N) is 1. The van der Waals surface area contributed by atoms with Crippen molar-refractivity contribution in [2.75, 3.05) is 19.7 Å². The molecule has 0 radical (unpaired) electrons. The molecule has 1 aromatic heterocycles. The first-order valence-electron chi connectivity index (χ1n) is 9.44. The maximum absolute atomic E-state index is 12.6. The van der Waals surface area contributed by atoms with Crippen molar-refractivity contribution < 1.29 is 19.1 Å². The Morgan fingerprint density at radius 2 is 1.93 bits per heavy atom. The van der Waals surface area contributed by atoms with Crippen LogP contribution in [-0.4, -0.2) is 46.9 Å². The van der Waals surface area contributed by atoms with E-state index in [9.17, 15) is 14.4 Å². The van der Waals surface area contributed by atoms with Gasteiger partial charge in [-0.05, 0) is 46.6 Å². The molecule has 7 heteroatoms. The second-order valence-electron chi connectivity index (χ2n) is 6.78. The summed E-state index contributed by atoms with van der Waals surface area (Å²) in [6.45, 7) is 9.53. The molecule has 148 valence electrons. The van der Waals surface area contributed by atoms with Gasteiger partial charge in [0.05, 0.1) is 18.1 Å². The Morgan fingerprint density at radius 1 is 1.22 bits per heavy atom. The lowest BCUT2D eigenvalue weighted by atomic mass is 9.97. The predicted octanol–water partition coefficient (Wildman–Crippen LogP) is 2.04. The predicted molar refractivity (Wildman–Crippen MR) is 103 cm³/mol. The molecule has 0 spiro atoms. The van der Waals surface area contributed by atoms with Gasteiger partial charge in [0, 0.05) is 42.7 Å². The minimum Gasteiger partial charge on any atom is -0.462 e. The number of hydrogen-bond acceptors (Lipinski definition) is 4. The van der Waals surface area contributed by atoms with Gasteiger partial charge >= 0.3 is 5.97 Å². The summed E-state index contributed by atoms with van der Waals surface area (Å²) < 4.78 is 7.22. The number of piperidine rings is 1. The number of likely N-dealkylation sites (tertiary alicyclic amines) is 1. The number of primary amides is 1. The van der Waals surface area contributed by atoms with Gasteiger partial charge in [-0.1, -0.05) is 0 Å². The lowest BCUT2D eigenvalue weighted by Crippen LogP contribution is -2.43. The molecule has 1 atom stereocenters. The van der Waals surface area contributed by atoms with E-state index >= 15 is 0 Å². The summed E-state index contributed by atoms with van der Waals surface area (Å²) in [5, 5.41) is 0. The highest BCUT2D eigenvalue weighted by Gasteiger charge is 2.26. The molecule has 1 aliphatic rings. The zero-order valence-corrected chi connectivity index (χ0v) is 16.6. The van der Waals surface area contributed by atoms with Gasteiger partial charge < -0.3 is 19.9 Å². The van der Waals surface area contributed by atoms with Crippen LogP contribution in [-0.2, 0) is 20.9 Å². The van der Waals surface area contributed by atoms with Gasteiger partial charge in [0.2, 0.25) is 11.8 Å². The first kappa shape index (κ1) is 20.7. The van der Waals surface area contributed by atoms with Crippen LogP contribution < -0.4 is 5.73 Å². The van der Waals surface area contributed by atoms with E-state index in [1.165, 1.54) is 6.08 Å². The van der Waals surface area contributed by atoms with Crippen molar-refractivity contribution in [3.8, 4) is 0 Å². The molecule has 2 amide bonds. The van der Waals surface area contributed by atoms with Crippen molar-refractivity contribution >= 4 is 23.9 Å². The molecule has 0 bridgehead atoms. The minimum absolute atomic E-state index is 0.183. The number of carbonyl (C=O) groups excluding carboxylic acids is 3. The molecule has 2 N–H and O–H groups in total. The summed E-state index contributed by atoms with van der Waals surface area (Å²) in [6, 6.07) is 0. The molecule has 0 saturated carbocycles. The first-order valence-corrected chi connectivity index (χ1v) is 9.44. The zero-order valence-electron chi connectivity index (χ0n) is 16.6. The van der Waals surface area contributed by atoms with Crippen LogP contribution in [0.4, 0.5) is 0 Å². The average Bonchev–Trinajstić information content (AvgIpc) is 2.89. The normalized spacial score (nSPS) is 17.3. The van der Waals surface area contributed by atoms with Crippen molar-refractivity contribution in [2.24, 2.45) is 11.7 Å². The van der Waals surface area contributed by atoms with E-state index in [-0.39, 0.29) is 23.7 Å². The third-order valence-electron chi connectivity index (χ3n) is 5.15. The molecule has 1 aromatic rings. The van der Waals surface area contributed by atoms with E-state index in [0.29, 0.717) is 37.2 Å². The lowest BCUT2D eigenvalue weighted by Gasteiger charge is -2.30. The highest BCUT2D eigenvalue weighted by molar-refractivity contribution is 5.99. The van der Waals surface area contributed by atoms with Crippen LogP contribution in [0.5, 0.6) is 0 Å². The summed E-state index contributed by atoms with van der Waals surface area (Å²) in [6.07, 6.45) is 4.62. The van der Waals surface area contributed by atoms with Crippen molar-refractivity contribution in [3.05, 3.63) is 28.6 Å². The number of rotatable bonds is 6. The van der Waals surface area contributed by atoms with Crippen molar-refractivity contribution in [3.63, 3.8) is 0 Å². The molecule has 1 saturated heterocycles. The number of carbonyl (C=O) groups is 3. The molecular formula is C20H29N3O4. The maximum Gasteiger partial charge on any atom is 0.340 e. The van der Waals surface area contributed by atoms with Gasteiger partial charge in [-0.3, -0.25) is 9.59 Å². The molecule has 1 unspecified atom stereocenters. The highest BCUT2D eigenvalue weighted by atomic mass is 16.5. The SMILES string of the molecule is CCOC(=O)c1c(/C=C/C(=O)N2CCCC(C(N)=O)C2)c(C)n(CC)c1C. The fourth-order valence-electron chi connectivity index (χ4n) is 3.72. The number of amides is 2. The Bertz CT molecular complexity index is 764. The molecule has 2 heterocycles. The van der Waals surface area contributed by atoms with Crippen LogP contribution >= 0.6 is 0 Å². The first-order chi connectivity index (χ1) is 12.8. The fraction of sp³-hybridized carbons (Fsp3) is 0.550. The Labute approximate surface area is 160 Å². The smallest absolute Gasteiger partial charge is 0.340 e. The van der Waals surface area contributed by atoms with Gasteiger partial charge in [0.25, 0.3) is 0 Å². The third-order valence-corrected chi connectivity index (χ3v) is 5.15. The van der Waals surface area contributed by atoms with E-state index in [2.05, 4.69) is 0 Å². The molecular weight excluding hydrogens is 346 g/mol. The minimum atomic E-state index is -0.385. The largest absolute Gasteiger partial charge is 0.462 e. The number of aromatic nitrogens is 1. The number of ether oxygens (including phenoxy) is 1. The standard InChI is InChI=1S/C20H29N3O4/c1-5-23-13(3)16(18(14(23)4)20(26)27-6-2)9-10-17(24)22-11-7-8-15(12-22)19(21)25/h9-10,15H,5-8,11-12H2,1-4H3,(H2,21,25)/b10-9+. The van der Waals surface area contributed by atoms with Crippen molar-refractivity contribution in [1.82, 2.24) is 9.47 Å². The maximum atomic E-state index is 12.6. The third kappa shape index (κ3) is 4.40. The van der Waals surface area contributed by atoms with E-state index in [1.807, 2.05) is 25.3 Å². The van der Waals surface area contributed by atoms with Gasteiger partial charge in [0.1, 0.15) is 0 Å². The van der Waals surface area contributed by atoms with Gasteiger partial charge in [-0.2, -0.15) is 0 Å². The van der Waals surface area contributed by atoms with Crippen LogP contribution in [0.2, 0.25) is 0 Å². The van der Waals surface area contributed by atoms with Crippen molar-refractivity contribution in [1.29, 1.82) is 0 Å². The highest BCUT2D eigenvalue weighted by Crippen LogP contribution is 2.25. The van der Waals surface area contributed by atoms with E-state index in [4.69, 9.17) is 10.5 Å². The molecule has 1 fully saturated rings. The van der Waals surface area contributed by atoms with Gasteiger partial charge in [-0.15, -0.1) is 0 Å². The van der Waals surface area contributed by atoms with Crippen LogP contribution in [0.3, 0.4) is 0 Å².